The number of nitrogens with one attached hydrogen (secondary N) is 1. The van der Waals surface area contributed by atoms with Crippen LogP contribution in [0.5, 0.6) is 17.2 Å². The van der Waals surface area contributed by atoms with E-state index in [1.807, 2.05) is 36.4 Å². The molecule has 0 aliphatic heterocycles. The third-order valence-corrected chi connectivity index (χ3v) is 5.15. The van der Waals surface area contributed by atoms with E-state index in [-0.39, 0.29) is 0 Å². The number of benzene rings is 2. The van der Waals surface area contributed by atoms with Gasteiger partial charge in [-0.2, -0.15) is 0 Å². The van der Waals surface area contributed by atoms with Gasteiger partial charge in [-0.1, -0.05) is 45.2 Å². The highest BCUT2D eigenvalue weighted by molar-refractivity contribution is 5.82. The van der Waals surface area contributed by atoms with E-state index < -0.39 is 0 Å². The number of para-hydroxylation sites is 2. The minimum Gasteiger partial charge on any atom is -0.493 e. The number of aromatic amines is 1. The van der Waals surface area contributed by atoms with Gasteiger partial charge in [0, 0.05) is 0 Å². The Morgan fingerprint density at radius 1 is 1.00 bits per heavy atom. The molecule has 1 unspecified atom stereocenters. The molecule has 2 aromatic carbocycles. The molecule has 0 bridgehead atoms. The van der Waals surface area contributed by atoms with Gasteiger partial charge >= 0.3 is 0 Å². The topological polar surface area (TPSA) is 56.4 Å². The highest BCUT2D eigenvalue weighted by Crippen LogP contribution is 2.44. The zero-order valence-corrected chi connectivity index (χ0v) is 17.2. The Morgan fingerprint density at radius 2 is 1.82 bits per heavy atom. The maximum absolute atomic E-state index is 6.24. The van der Waals surface area contributed by atoms with Gasteiger partial charge in [-0.15, -0.1) is 0 Å². The standard InChI is InChI=1S/C23H30N2O3/c1-5-7-10-16(6-2)15-28-22-20(26-3)14-13-17(21(22)27-4)23-24-18-11-8-9-12-19(18)25-23/h8-9,11-14,16H,5-7,10,15H2,1-4H3,(H,24,25). The SMILES string of the molecule is CCCCC(CC)COc1c(OC)ccc(-c2nc3ccccc3[nH]2)c1OC. The van der Waals surface area contributed by atoms with Gasteiger partial charge in [0.25, 0.3) is 0 Å². The highest BCUT2D eigenvalue weighted by atomic mass is 16.5. The number of hydrogen-bond donors (Lipinski definition) is 1. The lowest BCUT2D eigenvalue weighted by Crippen LogP contribution is -2.12. The molecule has 3 aromatic rings. The third kappa shape index (κ3) is 4.24. The first-order valence-electron chi connectivity index (χ1n) is 10.0. The summed E-state index contributed by atoms with van der Waals surface area (Å²) >= 11 is 0. The number of hydrogen-bond acceptors (Lipinski definition) is 4. The zero-order valence-electron chi connectivity index (χ0n) is 17.2. The van der Waals surface area contributed by atoms with Crippen molar-refractivity contribution in [2.75, 3.05) is 20.8 Å². The number of methoxy groups -OCH3 is 2. The van der Waals surface area contributed by atoms with Gasteiger partial charge in [0.15, 0.2) is 11.5 Å². The summed E-state index contributed by atoms with van der Waals surface area (Å²) in [5.41, 5.74) is 2.77. The fraction of sp³-hybridized carbons (Fsp3) is 0.435. The molecular formula is C23H30N2O3. The fourth-order valence-electron chi connectivity index (χ4n) is 3.41. The van der Waals surface area contributed by atoms with E-state index in [1.165, 1.54) is 19.3 Å². The fourth-order valence-corrected chi connectivity index (χ4v) is 3.41. The van der Waals surface area contributed by atoms with E-state index in [4.69, 9.17) is 19.2 Å². The number of unbranched alkanes of at least 4 members (excludes halogenated alkanes) is 1. The van der Waals surface area contributed by atoms with E-state index in [2.05, 4.69) is 18.8 Å². The first kappa shape index (κ1) is 20.1. The summed E-state index contributed by atoms with van der Waals surface area (Å²) in [7, 11) is 3.30. The van der Waals surface area contributed by atoms with Crippen molar-refractivity contribution in [2.45, 2.75) is 39.5 Å². The smallest absolute Gasteiger partial charge is 0.204 e. The van der Waals surface area contributed by atoms with Crippen LogP contribution in [0.4, 0.5) is 0 Å². The van der Waals surface area contributed by atoms with Crippen LogP contribution in [0.3, 0.4) is 0 Å². The van der Waals surface area contributed by atoms with Gasteiger partial charge < -0.3 is 19.2 Å². The molecule has 28 heavy (non-hydrogen) atoms. The molecule has 0 amide bonds. The summed E-state index contributed by atoms with van der Waals surface area (Å²) in [5.74, 6) is 3.22. The molecule has 1 aromatic heterocycles. The van der Waals surface area contributed by atoms with Crippen LogP contribution in [0.15, 0.2) is 36.4 Å². The van der Waals surface area contributed by atoms with Crippen LogP contribution in [0.1, 0.15) is 39.5 Å². The molecule has 0 aliphatic carbocycles. The van der Waals surface area contributed by atoms with Crippen LogP contribution < -0.4 is 14.2 Å². The minimum atomic E-state index is 0.518. The Balaban J connectivity index is 1.95. The van der Waals surface area contributed by atoms with Crippen molar-refractivity contribution in [1.29, 1.82) is 0 Å². The minimum absolute atomic E-state index is 0.518. The van der Waals surface area contributed by atoms with Crippen molar-refractivity contribution >= 4 is 11.0 Å². The molecule has 0 radical (unpaired) electrons. The molecule has 5 heteroatoms. The van der Waals surface area contributed by atoms with Crippen LogP contribution in [0.25, 0.3) is 22.4 Å². The lowest BCUT2D eigenvalue weighted by atomic mass is 10.0. The van der Waals surface area contributed by atoms with Crippen molar-refractivity contribution in [3.8, 4) is 28.6 Å². The van der Waals surface area contributed by atoms with Crippen molar-refractivity contribution in [3.05, 3.63) is 36.4 Å². The largest absolute Gasteiger partial charge is 0.493 e. The van der Waals surface area contributed by atoms with Gasteiger partial charge in [0.2, 0.25) is 5.75 Å². The van der Waals surface area contributed by atoms with Crippen LogP contribution in [0, 0.1) is 5.92 Å². The Labute approximate surface area is 167 Å². The molecule has 5 nitrogen and oxygen atoms in total. The maximum Gasteiger partial charge on any atom is 0.204 e. The molecule has 0 aliphatic rings. The Kier molecular flexibility index (Phi) is 6.80. The van der Waals surface area contributed by atoms with Crippen LogP contribution in [-0.2, 0) is 0 Å². The first-order valence-corrected chi connectivity index (χ1v) is 10.0. The molecule has 1 heterocycles. The van der Waals surface area contributed by atoms with E-state index in [0.29, 0.717) is 29.8 Å². The van der Waals surface area contributed by atoms with Crippen molar-refractivity contribution in [3.63, 3.8) is 0 Å². The highest BCUT2D eigenvalue weighted by Gasteiger charge is 2.21. The van der Waals surface area contributed by atoms with E-state index >= 15 is 0 Å². The summed E-state index contributed by atoms with van der Waals surface area (Å²) in [4.78, 5) is 8.08. The number of H-pyrrole nitrogens is 1. The molecule has 150 valence electrons. The summed E-state index contributed by atoms with van der Waals surface area (Å²) in [6, 6.07) is 11.8. The van der Waals surface area contributed by atoms with Gasteiger partial charge in [0.1, 0.15) is 5.82 Å². The molecule has 1 N–H and O–H groups in total. The van der Waals surface area contributed by atoms with E-state index in [0.717, 1.165) is 28.8 Å². The average molecular weight is 383 g/mol. The average Bonchev–Trinajstić information content (AvgIpc) is 3.17. The van der Waals surface area contributed by atoms with Gasteiger partial charge in [-0.25, -0.2) is 4.98 Å². The second-order valence-corrected chi connectivity index (χ2v) is 7.01. The Morgan fingerprint density at radius 3 is 2.50 bits per heavy atom. The van der Waals surface area contributed by atoms with E-state index in [9.17, 15) is 0 Å². The molecule has 0 saturated heterocycles. The van der Waals surface area contributed by atoms with Gasteiger partial charge in [-0.05, 0) is 36.6 Å². The van der Waals surface area contributed by atoms with Crippen LogP contribution >= 0.6 is 0 Å². The molecular weight excluding hydrogens is 352 g/mol. The van der Waals surface area contributed by atoms with E-state index in [1.54, 1.807) is 14.2 Å². The number of rotatable bonds is 10. The third-order valence-electron chi connectivity index (χ3n) is 5.15. The van der Waals surface area contributed by atoms with Crippen molar-refractivity contribution in [1.82, 2.24) is 9.97 Å². The zero-order chi connectivity index (χ0) is 19.9. The predicted octanol–water partition coefficient (Wildman–Crippen LogP) is 5.84. The quantitative estimate of drug-likeness (QED) is 0.478. The van der Waals surface area contributed by atoms with Crippen molar-refractivity contribution in [2.24, 2.45) is 5.92 Å². The molecule has 0 fully saturated rings. The second kappa shape index (κ2) is 9.49. The number of imidazole rings is 1. The molecule has 0 spiro atoms. The monoisotopic (exact) mass is 382 g/mol. The lowest BCUT2D eigenvalue weighted by Gasteiger charge is -2.20. The molecule has 0 saturated carbocycles. The predicted molar refractivity (Wildman–Crippen MR) is 113 cm³/mol. The maximum atomic E-state index is 6.24. The molecule has 3 rings (SSSR count). The number of nitrogens with zero attached hydrogens (tertiary/aromatic N) is 1. The summed E-state index contributed by atoms with van der Waals surface area (Å²) in [6.07, 6.45) is 4.68. The van der Waals surface area contributed by atoms with Gasteiger partial charge in [0.05, 0.1) is 37.4 Å². The van der Waals surface area contributed by atoms with Gasteiger partial charge in [-0.3, -0.25) is 0 Å². The van der Waals surface area contributed by atoms with Crippen molar-refractivity contribution < 1.29 is 14.2 Å². The normalized spacial score (nSPS) is 12.1. The van der Waals surface area contributed by atoms with Crippen LogP contribution in [0.2, 0.25) is 0 Å². The Hall–Kier alpha value is -2.69. The van der Waals surface area contributed by atoms with Crippen LogP contribution in [-0.4, -0.2) is 30.8 Å². The number of aromatic nitrogens is 2. The second-order valence-electron chi connectivity index (χ2n) is 7.01. The number of ether oxygens (including phenoxy) is 3. The first-order chi connectivity index (χ1) is 13.7. The summed E-state index contributed by atoms with van der Waals surface area (Å²) in [6.45, 7) is 5.08. The summed E-state index contributed by atoms with van der Waals surface area (Å²) in [5, 5.41) is 0. The lowest BCUT2D eigenvalue weighted by molar-refractivity contribution is 0.215. The number of fused-ring (bicyclic) bond motifs is 1. The molecule has 1 atom stereocenters. The Bertz CT molecular complexity index is 871. The summed E-state index contributed by atoms with van der Waals surface area (Å²) < 4.78 is 17.5.